The first-order valence-electron chi connectivity index (χ1n) is 14.3. The Bertz CT molecular complexity index is 1690. The first-order valence-corrected chi connectivity index (χ1v) is 16.6. The van der Waals surface area contributed by atoms with Crippen LogP contribution in [0.25, 0.3) is 6.08 Å². The van der Waals surface area contributed by atoms with Gasteiger partial charge >= 0.3 is 11.9 Å². The molecule has 14 nitrogen and oxygen atoms in total. The van der Waals surface area contributed by atoms with Gasteiger partial charge in [-0.15, -0.1) is 11.8 Å². The van der Waals surface area contributed by atoms with E-state index in [-0.39, 0.29) is 33.3 Å². The number of carbonyl (C=O) groups excluding carboxylic acids is 2. The Balaban J connectivity index is 1.36. The number of thioether (sulfide) groups is 1. The van der Waals surface area contributed by atoms with Crippen molar-refractivity contribution < 1.29 is 38.8 Å². The molecule has 6 N–H and O–H groups in total. The number of aliphatic carboxylic acids is 2. The zero-order chi connectivity index (χ0) is 33.3. The van der Waals surface area contributed by atoms with E-state index in [0.29, 0.717) is 11.3 Å². The maximum Gasteiger partial charge on any atom is 0.352 e. The third-order valence-electron chi connectivity index (χ3n) is 7.79. The molecule has 4 heterocycles. The Labute approximate surface area is 277 Å². The lowest BCUT2D eigenvalue weighted by Crippen LogP contribution is -2.71. The van der Waals surface area contributed by atoms with Crippen LogP contribution in [0.3, 0.4) is 0 Å². The molecule has 244 valence electrons. The number of nitrogens with one attached hydrogen (secondary N) is 2. The van der Waals surface area contributed by atoms with Crippen molar-refractivity contribution in [3.63, 3.8) is 0 Å². The molecule has 0 aromatic carbocycles. The fraction of sp³-hybridized carbons (Fsp3) is 0.414. The van der Waals surface area contributed by atoms with Gasteiger partial charge < -0.3 is 31.4 Å². The van der Waals surface area contributed by atoms with E-state index in [2.05, 4.69) is 39.0 Å². The van der Waals surface area contributed by atoms with Crippen molar-refractivity contribution in [1.82, 2.24) is 20.5 Å². The summed E-state index contributed by atoms with van der Waals surface area (Å²) < 4.78 is 2.00. The van der Waals surface area contributed by atoms with Crippen LogP contribution in [-0.2, 0) is 30.6 Å². The predicted molar refractivity (Wildman–Crippen MR) is 172 cm³/mol. The lowest BCUT2D eigenvalue weighted by Gasteiger charge is -2.49. The van der Waals surface area contributed by atoms with Crippen molar-refractivity contribution in [2.45, 2.75) is 56.2 Å². The highest BCUT2D eigenvalue weighted by Gasteiger charge is 2.55. The normalized spacial score (nSPS) is 20.7. The number of nitrogens with two attached hydrogens (primary N) is 1. The highest BCUT2D eigenvalue weighted by Crippen LogP contribution is 2.41. The summed E-state index contributed by atoms with van der Waals surface area (Å²) in [6.45, 7) is 3.66. The third kappa shape index (κ3) is 6.47. The van der Waals surface area contributed by atoms with Gasteiger partial charge in [0.05, 0.1) is 0 Å². The average molecular weight is 691 g/mol. The highest BCUT2D eigenvalue weighted by atomic mass is 35.5. The fourth-order valence-corrected chi connectivity index (χ4v) is 7.62. The van der Waals surface area contributed by atoms with E-state index >= 15 is 0 Å². The number of nitrogen functional groups attached to an aromatic ring is 1. The molecule has 3 atom stereocenters. The summed E-state index contributed by atoms with van der Waals surface area (Å²) in [6, 6.07) is 2.92. The van der Waals surface area contributed by atoms with Gasteiger partial charge in [-0.05, 0) is 46.3 Å². The molecular weight excluding hydrogens is 658 g/mol. The first-order chi connectivity index (χ1) is 21.8. The van der Waals surface area contributed by atoms with E-state index in [0.717, 1.165) is 36.4 Å². The van der Waals surface area contributed by atoms with Crippen LogP contribution >= 0.6 is 34.7 Å². The predicted octanol–water partition coefficient (Wildman–Crippen LogP) is 1.80. The second kappa shape index (κ2) is 13.4. The largest absolute Gasteiger partial charge is 0.478 e. The maximum atomic E-state index is 13.4. The topological polar surface area (TPSA) is 200 Å². The van der Waals surface area contributed by atoms with Gasteiger partial charge in [0.25, 0.3) is 11.8 Å². The lowest BCUT2D eigenvalue weighted by molar-refractivity contribution is -0.690. The Morgan fingerprint density at radius 3 is 2.74 bits per heavy atom. The smallest absolute Gasteiger partial charge is 0.352 e. The van der Waals surface area contributed by atoms with Crippen LogP contribution < -0.4 is 20.9 Å². The molecular formula is C29H33ClN7O7S2+. The molecule has 1 saturated heterocycles. The molecule has 2 aliphatic heterocycles. The number of fused-ring (bicyclic) bond motifs is 2. The van der Waals surface area contributed by atoms with Crippen molar-refractivity contribution in [2.24, 2.45) is 5.16 Å². The van der Waals surface area contributed by atoms with Gasteiger partial charge in [-0.2, -0.15) is 4.57 Å². The van der Waals surface area contributed by atoms with Gasteiger partial charge in [0.1, 0.15) is 27.1 Å². The van der Waals surface area contributed by atoms with Crippen LogP contribution in [0.1, 0.15) is 49.6 Å². The van der Waals surface area contributed by atoms with E-state index in [9.17, 15) is 29.4 Å². The number of allylic oxidation sites excluding steroid dienone is 1. The standard InChI is InChI=1S/C29H32ClN7O7S2/c1-29(2,27(42)43)44-35-19(18-22(30)46-28(31)34-18)23(38)33-20-24(39)37-21(26(40)41)15(13-45-25(20)37)12-36-11-5-7-16-14(6-4-10-32-3)8-9-17(16)36/h5,7-9,11,14,20,25,32H,4,6,10,12-13H2,1-3H3,(H4-,31,33,34,38,40,41,42,43)/p+1. The minimum Gasteiger partial charge on any atom is -0.478 e. The number of hydrogen-bond donors (Lipinski definition) is 5. The molecule has 2 aromatic heterocycles. The fourth-order valence-electron chi connectivity index (χ4n) is 5.36. The van der Waals surface area contributed by atoms with Gasteiger partial charge in [0, 0.05) is 34.9 Å². The second-order valence-electron chi connectivity index (χ2n) is 11.3. The number of rotatable bonds is 13. The summed E-state index contributed by atoms with van der Waals surface area (Å²) >= 11 is 8.40. The van der Waals surface area contributed by atoms with Crippen molar-refractivity contribution >= 4 is 75.4 Å². The SMILES string of the molecule is CNCCCC1C=Cc2c1ccc[n+]2CC1=C(C(=O)O)N2C(=O)C(NC(=O)C(=NOC(C)(C)C(=O)O)c3nc(N)sc3Cl)C2SC1. The number of amides is 2. The number of aromatic nitrogens is 2. The lowest BCUT2D eigenvalue weighted by atomic mass is 9.97. The molecule has 0 radical (unpaired) electrons. The van der Waals surface area contributed by atoms with E-state index < -0.39 is 46.5 Å². The molecule has 3 unspecified atom stereocenters. The van der Waals surface area contributed by atoms with Gasteiger partial charge in [0.2, 0.25) is 11.3 Å². The van der Waals surface area contributed by atoms with Crippen LogP contribution in [0.4, 0.5) is 5.13 Å². The molecule has 46 heavy (non-hydrogen) atoms. The van der Waals surface area contributed by atoms with E-state index in [1.165, 1.54) is 36.1 Å². The molecule has 0 saturated carbocycles. The highest BCUT2D eigenvalue weighted by molar-refractivity contribution is 8.00. The van der Waals surface area contributed by atoms with Crippen molar-refractivity contribution in [2.75, 3.05) is 25.1 Å². The molecule has 17 heteroatoms. The number of halogens is 1. The number of carbonyl (C=O) groups is 4. The van der Waals surface area contributed by atoms with Gasteiger partial charge in [0.15, 0.2) is 23.6 Å². The molecule has 5 rings (SSSR count). The maximum absolute atomic E-state index is 13.4. The van der Waals surface area contributed by atoms with Crippen molar-refractivity contribution in [3.8, 4) is 0 Å². The van der Waals surface area contributed by atoms with E-state index in [4.69, 9.17) is 22.2 Å². The number of carboxylic acids is 2. The number of thiazole rings is 1. The number of oxime groups is 1. The number of carboxylic acid groups (broad SMARTS) is 2. The number of pyridine rings is 1. The molecule has 2 amide bonds. The molecule has 2 aromatic rings. The van der Waals surface area contributed by atoms with Crippen molar-refractivity contribution in [3.05, 3.63) is 57.0 Å². The summed E-state index contributed by atoms with van der Waals surface area (Å²) in [7, 11) is 1.92. The zero-order valence-electron chi connectivity index (χ0n) is 25.2. The Hall–Kier alpha value is -3.99. The number of hydrogen-bond acceptors (Lipinski definition) is 11. The van der Waals surface area contributed by atoms with Crippen LogP contribution in [0.15, 0.2) is 40.8 Å². The van der Waals surface area contributed by atoms with E-state index in [1.54, 1.807) is 0 Å². The van der Waals surface area contributed by atoms with Gasteiger partial charge in [-0.1, -0.05) is 34.2 Å². The number of nitrogens with zero attached hydrogens (tertiary/aromatic N) is 4. The monoisotopic (exact) mass is 690 g/mol. The Morgan fingerprint density at radius 2 is 2.09 bits per heavy atom. The summed E-state index contributed by atoms with van der Waals surface area (Å²) in [4.78, 5) is 61.2. The second-order valence-corrected chi connectivity index (χ2v) is 14.1. The Kier molecular flexibility index (Phi) is 9.72. The number of anilines is 1. The molecule has 1 aliphatic carbocycles. The van der Waals surface area contributed by atoms with Gasteiger partial charge in [-0.3, -0.25) is 14.5 Å². The Morgan fingerprint density at radius 1 is 1.33 bits per heavy atom. The molecule has 1 fully saturated rings. The van der Waals surface area contributed by atoms with E-state index in [1.807, 2.05) is 23.9 Å². The quantitative estimate of drug-likeness (QED) is 0.0675. The molecule has 3 aliphatic rings. The number of β-lactam (4-membered cyclic amide) rings is 1. The zero-order valence-corrected chi connectivity index (χ0v) is 27.5. The van der Waals surface area contributed by atoms with Crippen molar-refractivity contribution in [1.29, 1.82) is 0 Å². The summed E-state index contributed by atoms with van der Waals surface area (Å²) in [5.41, 5.74) is 5.92. The van der Waals surface area contributed by atoms with Gasteiger partial charge in [-0.25, -0.2) is 14.6 Å². The summed E-state index contributed by atoms with van der Waals surface area (Å²) in [5.74, 6) is -3.55. The summed E-state index contributed by atoms with van der Waals surface area (Å²) in [6.07, 6.45) is 8.13. The van der Waals surface area contributed by atoms with Crippen LogP contribution in [0, 0.1) is 0 Å². The van der Waals surface area contributed by atoms with Crippen LogP contribution in [0.2, 0.25) is 4.34 Å². The minimum absolute atomic E-state index is 0.00139. The summed E-state index contributed by atoms with van der Waals surface area (Å²) in [5, 5.41) is 28.4. The molecule has 0 bridgehead atoms. The molecule has 0 spiro atoms. The first kappa shape index (κ1) is 33.4. The minimum atomic E-state index is -1.81. The average Bonchev–Trinajstić information content (AvgIpc) is 3.57. The van der Waals surface area contributed by atoms with Crippen LogP contribution in [-0.4, -0.2) is 85.9 Å². The van der Waals surface area contributed by atoms with Crippen LogP contribution in [0.5, 0.6) is 0 Å². The third-order valence-corrected chi connectivity index (χ3v) is 10.2.